The minimum atomic E-state index is -0.570. The van der Waals surface area contributed by atoms with Crippen LogP contribution in [0.5, 0.6) is 0 Å². The molecule has 1 aromatic rings. The zero-order valence-corrected chi connectivity index (χ0v) is 19.1. The van der Waals surface area contributed by atoms with Gasteiger partial charge in [-0.1, -0.05) is 44.0 Å². The van der Waals surface area contributed by atoms with E-state index in [1.807, 2.05) is 36.0 Å². The molecule has 0 amide bonds. The SMILES string of the molecule is CCCC(OCC(C)c1ccc(Cl)cc1)C1C(=O)CC(C2CCCSC2)CC1=O. The first-order valence-corrected chi connectivity index (χ1v) is 12.5. The summed E-state index contributed by atoms with van der Waals surface area (Å²) < 4.78 is 6.21. The van der Waals surface area contributed by atoms with Gasteiger partial charge in [-0.15, -0.1) is 0 Å². The topological polar surface area (TPSA) is 43.4 Å². The molecular formula is C24H33ClO3S. The van der Waals surface area contributed by atoms with E-state index in [0.717, 1.165) is 35.6 Å². The number of ether oxygens (including phenoxy) is 1. The summed E-state index contributed by atoms with van der Waals surface area (Å²) in [4.78, 5) is 26.0. The fourth-order valence-electron chi connectivity index (χ4n) is 4.69. The molecular weight excluding hydrogens is 404 g/mol. The van der Waals surface area contributed by atoms with Crippen molar-refractivity contribution in [1.29, 1.82) is 0 Å². The lowest BCUT2D eigenvalue weighted by Crippen LogP contribution is -2.44. The molecule has 3 rings (SSSR count). The lowest BCUT2D eigenvalue weighted by Gasteiger charge is -2.36. The summed E-state index contributed by atoms with van der Waals surface area (Å²) in [6.45, 7) is 4.69. The van der Waals surface area contributed by atoms with Crippen molar-refractivity contribution in [2.45, 2.75) is 64.4 Å². The van der Waals surface area contributed by atoms with Crippen LogP contribution in [0.15, 0.2) is 24.3 Å². The smallest absolute Gasteiger partial charge is 0.146 e. The van der Waals surface area contributed by atoms with Crippen LogP contribution in [0.3, 0.4) is 0 Å². The second kappa shape index (κ2) is 11.0. The normalized spacial score (nSPS) is 27.6. The summed E-state index contributed by atoms with van der Waals surface area (Å²) in [6.07, 6.45) is 4.84. The Bertz CT molecular complexity index is 666. The van der Waals surface area contributed by atoms with Gasteiger partial charge >= 0.3 is 0 Å². The predicted molar refractivity (Wildman–Crippen MR) is 121 cm³/mol. The van der Waals surface area contributed by atoms with Crippen molar-refractivity contribution in [3.63, 3.8) is 0 Å². The van der Waals surface area contributed by atoms with Crippen molar-refractivity contribution in [2.24, 2.45) is 17.8 Å². The highest BCUT2D eigenvalue weighted by Crippen LogP contribution is 2.38. The molecule has 2 fully saturated rings. The quantitative estimate of drug-likeness (QED) is 0.473. The third kappa shape index (κ3) is 6.08. The number of benzene rings is 1. The Kier molecular flexibility index (Phi) is 8.64. The van der Waals surface area contributed by atoms with E-state index in [1.54, 1.807) is 0 Å². The Morgan fingerprint density at radius 2 is 1.83 bits per heavy atom. The summed E-state index contributed by atoms with van der Waals surface area (Å²) in [5.74, 6) is 2.92. The highest BCUT2D eigenvalue weighted by molar-refractivity contribution is 7.99. The molecule has 0 radical (unpaired) electrons. The van der Waals surface area contributed by atoms with Gasteiger partial charge in [0.15, 0.2) is 0 Å². The minimum Gasteiger partial charge on any atom is -0.376 e. The van der Waals surface area contributed by atoms with Crippen LogP contribution >= 0.6 is 23.4 Å². The van der Waals surface area contributed by atoms with Crippen molar-refractivity contribution < 1.29 is 14.3 Å². The Morgan fingerprint density at radius 3 is 2.41 bits per heavy atom. The number of ketones is 2. The Morgan fingerprint density at radius 1 is 1.14 bits per heavy atom. The number of carbonyl (C=O) groups excluding carboxylic acids is 2. The highest BCUT2D eigenvalue weighted by Gasteiger charge is 2.42. The molecule has 1 saturated heterocycles. The molecule has 1 saturated carbocycles. The summed E-state index contributed by atoms with van der Waals surface area (Å²) in [6, 6.07) is 7.79. The van der Waals surface area contributed by atoms with Gasteiger partial charge in [-0.2, -0.15) is 11.8 Å². The monoisotopic (exact) mass is 436 g/mol. The second-order valence-corrected chi connectivity index (χ2v) is 10.3. The largest absolute Gasteiger partial charge is 0.376 e. The number of Topliss-reactive ketones (excluding diaryl/α,β-unsaturated/α-hetero) is 2. The van der Waals surface area contributed by atoms with Crippen molar-refractivity contribution in [3.05, 3.63) is 34.9 Å². The number of hydrogen-bond acceptors (Lipinski definition) is 4. The van der Waals surface area contributed by atoms with Crippen molar-refractivity contribution >= 4 is 34.9 Å². The van der Waals surface area contributed by atoms with E-state index >= 15 is 0 Å². The first-order chi connectivity index (χ1) is 14.0. The van der Waals surface area contributed by atoms with Crippen LogP contribution in [-0.2, 0) is 14.3 Å². The van der Waals surface area contributed by atoms with Crippen molar-refractivity contribution in [2.75, 3.05) is 18.1 Å². The van der Waals surface area contributed by atoms with Crippen LogP contribution in [0.1, 0.15) is 63.9 Å². The molecule has 1 heterocycles. The fourth-order valence-corrected chi connectivity index (χ4v) is 6.10. The molecule has 3 unspecified atom stereocenters. The molecule has 29 heavy (non-hydrogen) atoms. The van der Waals surface area contributed by atoms with Crippen LogP contribution in [-0.4, -0.2) is 35.8 Å². The highest BCUT2D eigenvalue weighted by atomic mass is 35.5. The molecule has 0 aromatic heterocycles. The summed E-state index contributed by atoms with van der Waals surface area (Å²) in [5.41, 5.74) is 1.15. The van der Waals surface area contributed by atoms with E-state index in [2.05, 4.69) is 13.8 Å². The summed E-state index contributed by atoms with van der Waals surface area (Å²) >= 11 is 7.95. The number of carbonyl (C=O) groups is 2. The fraction of sp³-hybridized carbons (Fsp3) is 0.667. The molecule has 1 aliphatic carbocycles. The van der Waals surface area contributed by atoms with E-state index in [-0.39, 0.29) is 29.5 Å². The summed E-state index contributed by atoms with van der Waals surface area (Å²) in [7, 11) is 0. The van der Waals surface area contributed by atoms with Gasteiger partial charge in [-0.05, 0) is 60.3 Å². The molecule has 3 atom stereocenters. The zero-order valence-electron chi connectivity index (χ0n) is 17.6. The minimum absolute atomic E-state index is 0.111. The molecule has 1 aromatic carbocycles. The van der Waals surface area contributed by atoms with E-state index < -0.39 is 5.92 Å². The molecule has 0 bridgehead atoms. The molecule has 2 aliphatic rings. The third-order valence-corrected chi connectivity index (χ3v) is 7.92. The molecule has 160 valence electrons. The van der Waals surface area contributed by atoms with Gasteiger partial charge < -0.3 is 4.74 Å². The van der Waals surface area contributed by atoms with E-state index in [0.29, 0.717) is 25.4 Å². The average Bonchev–Trinajstić information content (AvgIpc) is 2.72. The molecule has 3 nitrogen and oxygen atoms in total. The van der Waals surface area contributed by atoms with Gasteiger partial charge in [-0.25, -0.2) is 0 Å². The maximum Gasteiger partial charge on any atom is 0.146 e. The summed E-state index contributed by atoms with van der Waals surface area (Å²) in [5, 5.41) is 0.718. The van der Waals surface area contributed by atoms with Gasteiger partial charge in [0.2, 0.25) is 0 Å². The Balaban J connectivity index is 1.61. The average molecular weight is 437 g/mol. The number of rotatable bonds is 8. The molecule has 0 N–H and O–H groups in total. The number of hydrogen-bond donors (Lipinski definition) is 0. The van der Waals surface area contributed by atoms with Crippen molar-refractivity contribution in [3.8, 4) is 0 Å². The molecule has 0 spiro atoms. The Labute approximate surface area is 184 Å². The lowest BCUT2D eigenvalue weighted by atomic mass is 9.71. The lowest BCUT2D eigenvalue weighted by molar-refractivity contribution is -0.145. The van der Waals surface area contributed by atoms with Gasteiger partial charge in [-0.3, -0.25) is 9.59 Å². The van der Waals surface area contributed by atoms with Crippen LogP contribution in [0, 0.1) is 17.8 Å². The van der Waals surface area contributed by atoms with Gasteiger partial charge in [0.1, 0.15) is 17.5 Å². The zero-order chi connectivity index (χ0) is 20.8. The molecule has 5 heteroatoms. The van der Waals surface area contributed by atoms with E-state index in [4.69, 9.17) is 16.3 Å². The third-order valence-electron chi connectivity index (χ3n) is 6.43. The van der Waals surface area contributed by atoms with Crippen LogP contribution < -0.4 is 0 Å². The van der Waals surface area contributed by atoms with Crippen molar-refractivity contribution in [1.82, 2.24) is 0 Å². The first-order valence-electron chi connectivity index (χ1n) is 11.0. The van der Waals surface area contributed by atoms with Gasteiger partial charge in [0, 0.05) is 23.8 Å². The van der Waals surface area contributed by atoms with Gasteiger partial charge in [0.05, 0.1) is 12.7 Å². The number of thioether (sulfide) groups is 1. The Hall–Kier alpha value is -0.840. The van der Waals surface area contributed by atoms with Crippen LogP contribution in [0.2, 0.25) is 5.02 Å². The maximum absolute atomic E-state index is 13.0. The van der Waals surface area contributed by atoms with E-state index in [1.165, 1.54) is 12.2 Å². The first kappa shape index (κ1) is 22.8. The van der Waals surface area contributed by atoms with Crippen LogP contribution in [0.4, 0.5) is 0 Å². The second-order valence-electron chi connectivity index (χ2n) is 8.67. The standard InChI is InChI=1S/C24H33ClO3S/c1-3-5-23(28-14-16(2)17-7-9-20(25)10-8-17)24-21(26)12-19(13-22(24)27)18-6-4-11-29-15-18/h7-10,16,18-19,23-24H,3-6,11-15H2,1-2H3. The maximum atomic E-state index is 13.0. The van der Waals surface area contributed by atoms with Gasteiger partial charge in [0.25, 0.3) is 0 Å². The molecule has 1 aliphatic heterocycles. The predicted octanol–water partition coefficient (Wildman–Crippen LogP) is 5.94. The van der Waals surface area contributed by atoms with E-state index in [9.17, 15) is 9.59 Å². The van der Waals surface area contributed by atoms with Crippen LogP contribution in [0.25, 0.3) is 0 Å². The number of halogens is 1.